The highest BCUT2D eigenvalue weighted by Crippen LogP contribution is 2.47. The fourth-order valence-electron chi connectivity index (χ4n) is 4.49. The Hall–Kier alpha value is -4.24. The highest BCUT2D eigenvalue weighted by Gasteiger charge is 2.29. The normalized spacial score (nSPS) is 16.2. The van der Waals surface area contributed by atoms with Crippen molar-refractivity contribution in [2.24, 2.45) is 4.99 Å². The van der Waals surface area contributed by atoms with Crippen molar-refractivity contribution >= 4 is 23.2 Å². The number of nitrogens with zero attached hydrogens (tertiary/aromatic N) is 2. The molecule has 0 saturated carbocycles. The van der Waals surface area contributed by atoms with Gasteiger partial charge in [-0.05, 0) is 48.4 Å². The first kappa shape index (κ1) is 22.2. The van der Waals surface area contributed by atoms with Gasteiger partial charge in [0.2, 0.25) is 12.7 Å². The zero-order chi connectivity index (χ0) is 24.8. The maximum atomic E-state index is 13.1. The highest BCUT2D eigenvalue weighted by atomic mass is 32.2. The zero-order valence-corrected chi connectivity index (χ0v) is 20.0. The number of aromatic hydroxyl groups is 1. The van der Waals surface area contributed by atoms with Crippen LogP contribution in [-0.4, -0.2) is 27.2 Å². The van der Waals surface area contributed by atoms with Crippen molar-refractivity contribution in [3.63, 3.8) is 0 Å². The molecule has 3 heterocycles. The minimum Gasteiger partial charge on any atom is -0.493 e. The number of aromatic nitrogens is 2. The number of H-pyrrole nitrogens is 1. The van der Waals surface area contributed by atoms with Crippen molar-refractivity contribution in [2.45, 2.75) is 23.5 Å². The van der Waals surface area contributed by atoms with Gasteiger partial charge in [-0.2, -0.15) is 0 Å². The molecule has 0 unspecified atom stereocenters. The Morgan fingerprint density at radius 2 is 1.81 bits per heavy atom. The van der Waals surface area contributed by atoms with Gasteiger partial charge in [0.05, 0.1) is 17.1 Å². The van der Waals surface area contributed by atoms with Crippen LogP contribution in [0.4, 0.5) is 5.69 Å². The van der Waals surface area contributed by atoms with Crippen molar-refractivity contribution < 1.29 is 14.6 Å². The van der Waals surface area contributed by atoms with E-state index in [-0.39, 0.29) is 17.6 Å². The summed E-state index contributed by atoms with van der Waals surface area (Å²) in [5.41, 5.74) is 1.87. The standard InChI is InChI=1S/C27H21N3O5S/c1-15-6-2-4-8-19(15)30-26(32)24(25(31)29-27(30)33)18-13-23(36-22-9-5-3-7-17(22)28-18)16-10-11-20-21(12-16)35-14-34-20/h2-12,23,32H,13-14H2,1H3,(H,29,31,33)/t23-/m0/s1. The summed E-state index contributed by atoms with van der Waals surface area (Å²) in [6, 6.07) is 20.6. The second kappa shape index (κ2) is 8.76. The lowest BCUT2D eigenvalue weighted by Crippen LogP contribution is -2.33. The van der Waals surface area contributed by atoms with Gasteiger partial charge in [0.15, 0.2) is 11.5 Å². The minimum atomic E-state index is -0.716. The molecule has 2 aliphatic rings. The number of ether oxygens (including phenoxy) is 2. The Kier molecular flexibility index (Phi) is 5.41. The third-order valence-corrected chi connectivity index (χ3v) is 7.59. The van der Waals surface area contributed by atoms with Crippen LogP contribution in [-0.2, 0) is 0 Å². The van der Waals surface area contributed by atoms with Crippen LogP contribution in [0.5, 0.6) is 17.4 Å². The molecule has 0 spiro atoms. The predicted octanol–water partition coefficient (Wildman–Crippen LogP) is 4.63. The smallest absolute Gasteiger partial charge is 0.335 e. The van der Waals surface area contributed by atoms with Crippen LogP contribution in [0.2, 0.25) is 0 Å². The molecule has 2 aliphatic heterocycles. The summed E-state index contributed by atoms with van der Waals surface area (Å²) < 4.78 is 12.1. The number of aromatic amines is 1. The molecule has 1 aromatic heterocycles. The maximum Gasteiger partial charge on any atom is 0.335 e. The number of aryl methyl sites for hydroxylation is 1. The van der Waals surface area contributed by atoms with Crippen molar-refractivity contribution in [1.82, 2.24) is 9.55 Å². The van der Waals surface area contributed by atoms with Crippen LogP contribution >= 0.6 is 11.8 Å². The van der Waals surface area contributed by atoms with Gasteiger partial charge in [0.1, 0.15) is 5.56 Å². The summed E-state index contributed by atoms with van der Waals surface area (Å²) in [6.45, 7) is 2.01. The summed E-state index contributed by atoms with van der Waals surface area (Å²) in [6.07, 6.45) is 0.335. The number of nitrogens with one attached hydrogen (secondary N) is 1. The number of hydrogen-bond donors (Lipinski definition) is 2. The number of rotatable bonds is 3. The average molecular weight is 500 g/mol. The molecule has 0 radical (unpaired) electrons. The third kappa shape index (κ3) is 3.77. The number of para-hydroxylation sites is 2. The molecule has 2 N–H and O–H groups in total. The van der Waals surface area contributed by atoms with E-state index in [2.05, 4.69) is 4.98 Å². The lowest BCUT2D eigenvalue weighted by Gasteiger charge is -2.18. The molecule has 4 aromatic rings. The van der Waals surface area contributed by atoms with Gasteiger partial charge in [0.25, 0.3) is 5.56 Å². The van der Waals surface area contributed by atoms with Crippen LogP contribution in [0.25, 0.3) is 5.69 Å². The second-order valence-electron chi connectivity index (χ2n) is 8.53. The van der Waals surface area contributed by atoms with E-state index in [1.807, 2.05) is 61.5 Å². The molecule has 36 heavy (non-hydrogen) atoms. The van der Waals surface area contributed by atoms with Gasteiger partial charge in [0, 0.05) is 16.6 Å². The molecule has 180 valence electrons. The van der Waals surface area contributed by atoms with Crippen molar-refractivity contribution in [1.29, 1.82) is 0 Å². The molecule has 0 aliphatic carbocycles. The first-order chi connectivity index (χ1) is 17.5. The van der Waals surface area contributed by atoms with E-state index < -0.39 is 17.1 Å². The lowest BCUT2D eigenvalue weighted by atomic mass is 10.0. The number of hydrogen-bond acceptors (Lipinski definition) is 7. The summed E-state index contributed by atoms with van der Waals surface area (Å²) >= 11 is 1.62. The van der Waals surface area contributed by atoms with E-state index in [1.165, 1.54) is 0 Å². The Bertz CT molecular complexity index is 1660. The van der Waals surface area contributed by atoms with Crippen LogP contribution in [0.1, 0.15) is 28.4 Å². The second-order valence-corrected chi connectivity index (χ2v) is 9.77. The van der Waals surface area contributed by atoms with Crippen LogP contribution in [0.15, 0.2) is 86.2 Å². The molecule has 0 amide bonds. The summed E-state index contributed by atoms with van der Waals surface area (Å²) in [5, 5.41) is 11.2. The summed E-state index contributed by atoms with van der Waals surface area (Å²) in [5.74, 6) is 0.912. The van der Waals surface area contributed by atoms with Gasteiger partial charge in [-0.15, -0.1) is 11.8 Å². The van der Waals surface area contributed by atoms with Crippen LogP contribution < -0.4 is 20.7 Å². The molecule has 0 saturated heterocycles. The van der Waals surface area contributed by atoms with Crippen molar-refractivity contribution in [2.75, 3.05) is 6.79 Å². The lowest BCUT2D eigenvalue weighted by molar-refractivity contribution is 0.174. The van der Waals surface area contributed by atoms with E-state index in [9.17, 15) is 14.7 Å². The Labute approximate surface area is 209 Å². The quantitative estimate of drug-likeness (QED) is 0.426. The first-order valence-corrected chi connectivity index (χ1v) is 12.2. The summed E-state index contributed by atoms with van der Waals surface area (Å²) in [4.78, 5) is 34.0. The molecule has 0 bridgehead atoms. The van der Waals surface area contributed by atoms with Gasteiger partial charge < -0.3 is 14.6 Å². The van der Waals surface area contributed by atoms with E-state index in [0.29, 0.717) is 35.0 Å². The Balaban J connectivity index is 1.53. The van der Waals surface area contributed by atoms with E-state index >= 15 is 0 Å². The average Bonchev–Trinajstić information content (AvgIpc) is 3.25. The molecular formula is C27H21N3O5S. The van der Waals surface area contributed by atoms with Crippen molar-refractivity contribution in [3.8, 4) is 23.1 Å². The monoisotopic (exact) mass is 499 g/mol. The number of thioether (sulfide) groups is 1. The fraction of sp³-hybridized carbons (Fsp3) is 0.148. The van der Waals surface area contributed by atoms with Crippen LogP contribution in [0, 0.1) is 6.92 Å². The molecule has 1 atom stereocenters. The van der Waals surface area contributed by atoms with E-state index in [0.717, 1.165) is 20.6 Å². The van der Waals surface area contributed by atoms with Crippen molar-refractivity contribution in [3.05, 3.63) is 104 Å². The Morgan fingerprint density at radius 1 is 1.03 bits per heavy atom. The topological polar surface area (TPSA) is 106 Å². The van der Waals surface area contributed by atoms with Gasteiger partial charge in [-0.3, -0.25) is 14.8 Å². The molecule has 0 fully saturated rings. The van der Waals surface area contributed by atoms with E-state index in [4.69, 9.17) is 14.5 Å². The molecule has 6 rings (SSSR count). The van der Waals surface area contributed by atoms with Gasteiger partial charge in [-0.25, -0.2) is 9.36 Å². The number of aliphatic imine (C=N–C) groups is 1. The van der Waals surface area contributed by atoms with Gasteiger partial charge >= 0.3 is 5.69 Å². The third-order valence-electron chi connectivity index (χ3n) is 6.27. The van der Waals surface area contributed by atoms with Crippen LogP contribution in [0.3, 0.4) is 0 Å². The maximum absolute atomic E-state index is 13.1. The molecular weight excluding hydrogens is 478 g/mol. The zero-order valence-electron chi connectivity index (χ0n) is 19.2. The van der Waals surface area contributed by atoms with Gasteiger partial charge in [-0.1, -0.05) is 36.4 Å². The minimum absolute atomic E-state index is 0.0269. The predicted molar refractivity (Wildman–Crippen MR) is 137 cm³/mol. The molecule has 3 aromatic carbocycles. The molecule has 9 heteroatoms. The Morgan fingerprint density at radius 3 is 2.67 bits per heavy atom. The van der Waals surface area contributed by atoms with E-state index in [1.54, 1.807) is 23.9 Å². The SMILES string of the molecule is Cc1ccccc1-n1c(O)c(C2=Nc3ccccc3S[C@H](c3ccc4c(c3)OCO4)C2)c(=O)[nH]c1=O. The first-order valence-electron chi connectivity index (χ1n) is 11.4. The largest absolute Gasteiger partial charge is 0.493 e. The number of fused-ring (bicyclic) bond motifs is 2. The summed E-state index contributed by atoms with van der Waals surface area (Å²) in [7, 11) is 0. The number of benzene rings is 3. The highest BCUT2D eigenvalue weighted by molar-refractivity contribution is 7.99. The molecule has 8 nitrogen and oxygen atoms in total. The fourth-order valence-corrected chi connectivity index (χ4v) is 5.71.